The molecule has 4 aliphatic rings. The Bertz CT molecular complexity index is 2580. The van der Waals surface area contributed by atoms with Crippen molar-refractivity contribution in [2.75, 3.05) is 33.0 Å². The molecule has 2 aliphatic carbocycles. The first kappa shape index (κ1) is 51.8. The Morgan fingerprint density at radius 1 is 0.682 bits per heavy atom. The maximum Gasteiger partial charge on any atom is 0.193 e. The fraction of sp³-hybridized carbons (Fsp3) is 0.391. The summed E-state index contributed by atoms with van der Waals surface area (Å²) in [6, 6.07) is 17.5. The normalized spacial score (nSPS) is 18.5. The van der Waals surface area contributed by atoms with Crippen LogP contribution in [0.5, 0.6) is 0 Å². The lowest BCUT2D eigenvalue weighted by atomic mass is 9.83. The summed E-state index contributed by atoms with van der Waals surface area (Å²) in [6.07, 6.45) is 7.13. The van der Waals surface area contributed by atoms with Crippen LogP contribution in [0.25, 0.3) is 0 Å². The van der Waals surface area contributed by atoms with E-state index in [1.54, 1.807) is 6.07 Å². The summed E-state index contributed by atoms with van der Waals surface area (Å²) in [6.45, 7) is 4.57. The number of nitrogens with two attached hydrogens (primary N) is 1. The number of aliphatic hydroxyl groups is 1. The first-order valence-electron chi connectivity index (χ1n) is 21.1. The summed E-state index contributed by atoms with van der Waals surface area (Å²) < 4.78 is 24.4. The van der Waals surface area contributed by atoms with Gasteiger partial charge in [0, 0.05) is 24.4 Å². The Balaban J connectivity index is 0.000000145. The van der Waals surface area contributed by atoms with Crippen molar-refractivity contribution < 1.29 is 28.8 Å². The molecule has 2 saturated heterocycles. The molecule has 20 heteroatoms. The van der Waals surface area contributed by atoms with E-state index in [9.17, 15) is 9.90 Å². The molecule has 0 radical (unpaired) electrons. The van der Waals surface area contributed by atoms with Crippen LogP contribution in [0, 0.1) is 0 Å². The second-order valence-electron chi connectivity index (χ2n) is 15.5. The number of fused-ring (bicyclic) bond motifs is 2. The molecule has 0 aromatic carbocycles. The number of hydrogen-bond donors (Lipinski definition) is 2. The average molecular weight is 1090 g/mol. The molecule has 352 valence electrons. The van der Waals surface area contributed by atoms with E-state index < -0.39 is 0 Å². The molecular weight excluding hydrogens is 1050 g/mol. The van der Waals surface area contributed by atoms with E-state index in [1.807, 2.05) is 43.3 Å². The molecule has 2 aliphatic heterocycles. The lowest BCUT2D eigenvalue weighted by molar-refractivity contribution is -0.0415. The molecule has 6 aromatic rings. The van der Waals surface area contributed by atoms with Crippen molar-refractivity contribution in [3.05, 3.63) is 148 Å². The molecule has 2 fully saturated rings. The molecule has 3 unspecified atom stereocenters. The highest BCUT2D eigenvalue weighted by atomic mass is 35.5. The van der Waals surface area contributed by atoms with Crippen molar-refractivity contribution in [2.24, 2.45) is 5.25 Å². The van der Waals surface area contributed by atoms with Crippen LogP contribution in [0.3, 0.4) is 0 Å². The smallest absolute Gasteiger partial charge is 0.193 e. The van der Waals surface area contributed by atoms with Crippen LogP contribution in [0.2, 0.25) is 28.5 Å². The van der Waals surface area contributed by atoms with Gasteiger partial charge in [-0.15, -0.1) is 34.0 Å². The Kier molecular flexibility index (Phi) is 19.4. The van der Waals surface area contributed by atoms with Gasteiger partial charge in [0.25, 0.3) is 0 Å². The number of thiophene rings is 3. The van der Waals surface area contributed by atoms with Gasteiger partial charge in [0.05, 0.1) is 71.1 Å². The number of pyridine rings is 3. The van der Waals surface area contributed by atoms with Gasteiger partial charge in [-0.25, -0.2) is 20.2 Å². The molecule has 3 N–H and O–H groups in total. The van der Waals surface area contributed by atoms with E-state index in [4.69, 9.17) is 88.6 Å². The Labute approximate surface area is 430 Å². The number of halogens is 7. The molecular formula is C46H45Cl7N4O6S3. The van der Waals surface area contributed by atoms with Gasteiger partial charge >= 0.3 is 0 Å². The Morgan fingerprint density at radius 2 is 1.17 bits per heavy atom. The third kappa shape index (κ3) is 12.5. The molecule has 0 saturated carbocycles. The number of hydrogen-bond acceptors (Lipinski definition) is 13. The quantitative estimate of drug-likeness (QED) is 0.0817. The van der Waals surface area contributed by atoms with Crippen LogP contribution < -0.4 is 5.25 Å². The number of aromatic nitrogens is 3. The fourth-order valence-electron chi connectivity index (χ4n) is 8.50. The summed E-state index contributed by atoms with van der Waals surface area (Å²) in [5.41, 5.74) is 9.50. The maximum atomic E-state index is 10.9. The van der Waals surface area contributed by atoms with E-state index in [1.165, 1.54) is 45.1 Å². The highest BCUT2D eigenvalue weighted by Crippen LogP contribution is 2.46. The van der Waals surface area contributed by atoms with Gasteiger partial charge in [-0.2, -0.15) is 0 Å². The Morgan fingerprint density at radius 3 is 1.70 bits per heavy atom. The molecule has 0 amide bonds. The number of carbonyl (C=O) groups excluding carboxylic acids is 1. The number of ether oxygens (including phenoxy) is 4. The number of aryl methyl sites for hydroxylation is 2. The molecule has 3 atom stereocenters. The van der Waals surface area contributed by atoms with Crippen LogP contribution in [0.1, 0.15) is 133 Å². The molecule has 8 heterocycles. The lowest BCUT2D eigenvalue weighted by Crippen LogP contribution is -2.13. The monoisotopic (exact) mass is 1090 g/mol. The molecule has 0 bridgehead atoms. The minimum atomic E-state index is -0.331. The van der Waals surface area contributed by atoms with E-state index in [-0.39, 0.29) is 36.9 Å². The van der Waals surface area contributed by atoms with Gasteiger partial charge in [0.1, 0.15) is 15.5 Å². The minimum Gasteiger partial charge on any atom is -0.396 e. The third-order valence-corrected chi connectivity index (χ3v) is 16.3. The number of rotatable bonds is 9. The second-order valence-corrected chi connectivity index (χ2v) is 21.7. The molecule has 66 heavy (non-hydrogen) atoms. The predicted octanol–water partition coefficient (Wildman–Crippen LogP) is 14.0. The zero-order valence-corrected chi connectivity index (χ0v) is 43.2. The average Bonchev–Trinajstić information content (AvgIpc) is 4.20. The van der Waals surface area contributed by atoms with Crippen LogP contribution in [0.4, 0.5) is 0 Å². The van der Waals surface area contributed by atoms with Crippen molar-refractivity contribution in [1.82, 2.24) is 15.0 Å². The van der Waals surface area contributed by atoms with Gasteiger partial charge in [0.15, 0.2) is 18.9 Å². The number of aliphatic hydroxyl groups excluding tert-OH is 1. The summed E-state index contributed by atoms with van der Waals surface area (Å²) >= 11 is 45.8. The molecule has 10 nitrogen and oxygen atoms in total. The van der Waals surface area contributed by atoms with Crippen LogP contribution in [-0.2, 0) is 38.2 Å². The van der Waals surface area contributed by atoms with Crippen LogP contribution >= 0.6 is 115 Å². The zero-order valence-electron chi connectivity index (χ0n) is 35.4. The number of carbonyl (C=O) groups is 1. The highest BCUT2D eigenvalue weighted by molar-refractivity contribution is 7.18. The van der Waals surface area contributed by atoms with E-state index in [2.05, 4.69) is 44.1 Å². The Hall–Kier alpha value is -1.99. The van der Waals surface area contributed by atoms with Gasteiger partial charge in [-0.3, -0.25) is 4.79 Å². The first-order valence-corrected chi connectivity index (χ1v) is 26.2. The van der Waals surface area contributed by atoms with Crippen LogP contribution in [-0.4, -0.2) is 59.4 Å². The summed E-state index contributed by atoms with van der Waals surface area (Å²) in [7, 11) is 0. The summed E-state index contributed by atoms with van der Waals surface area (Å²) in [5.74, 6) is 0.329. The highest BCUT2D eigenvalue weighted by Gasteiger charge is 2.31. The van der Waals surface area contributed by atoms with Crippen molar-refractivity contribution in [1.29, 1.82) is 0 Å². The van der Waals surface area contributed by atoms with Crippen molar-refractivity contribution in [3.63, 3.8) is 0 Å². The van der Waals surface area contributed by atoms with Gasteiger partial charge in [0.2, 0.25) is 0 Å². The molecule has 10 rings (SSSR count). The summed E-state index contributed by atoms with van der Waals surface area (Å²) in [5, 5.41) is 14.7. The molecule has 6 aromatic heterocycles. The number of nitrogens with zero attached hydrogens (tertiary/aromatic N) is 3. The van der Waals surface area contributed by atoms with Crippen molar-refractivity contribution >= 4 is 122 Å². The van der Waals surface area contributed by atoms with Gasteiger partial charge in [-0.1, -0.05) is 94.7 Å². The SMILES string of the molecule is CC(c1cc(C2OCCO2)sc1Cl)c1nc(Cl)ccc1CCO.Clc1ccc2c(n1)C(c1cc(C3OCCO3)sc1Cl)CCC2.NCl.O=Cc1cc(C2CCCc3ccc(Cl)nc32)c(Cl)s1. The first-order chi connectivity index (χ1) is 32.0. The van der Waals surface area contributed by atoms with E-state index in [0.717, 1.165) is 98.2 Å². The topological polar surface area (TPSA) is 139 Å². The van der Waals surface area contributed by atoms with Crippen molar-refractivity contribution in [2.45, 2.75) is 82.2 Å². The molecule has 0 spiro atoms. The zero-order chi connectivity index (χ0) is 46.9. The van der Waals surface area contributed by atoms with Gasteiger partial charge < -0.3 is 24.1 Å². The fourth-order valence-corrected chi connectivity index (χ4v) is 13.0. The van der Waals surface area contributed by atoms with Crippen molar-refractivity contribution in [3.8, 4) is 0 Å². The standard InChI is InChI=1S/C16H17Cl2NO3S.C16H15Cl2NO2S.C14H11Cl2NOS.ClH2N/c1-9(14-10(4-5-20)2-3-13(17)19-14)11-8-12(23-15(11)18)16-21-6-7-22-16;17-13-5-4-9-2-1-3-10(14(9)19-13)11-8-12(22-15(11)18)16-20-6-7-21-16;15-12-5-4-8-2-1-3-10(13(8)17-12)11-6-9(7-18)19-14(11)16;1-2/h2-3,8-9,16,20H,4-7H2,1H3;4-5,8,10,16H,1-3,6-7H2;4-7,10H,1-3H2;2H2. The second kappa shape index (κ2) is 24.7. The van der Waals surface area contributed by atoms with E-state index >= 15 is 0 Å². The lowest BCUT2D eigenvalue weighted by Gasteiger charge is -2.24. The summed E-state index contributed by atoms with van der Waals surface area (Å²) in [4.78, 5) is 27.0. The third-order valence-electron chi connectivity index (χ3n) is 11.5. The predicted molar refractivity (Wildman–Crippen MR) is 268 cm³/mol. The van der Waals surface area contributed by atoms with E-state index in [0.29, 0.717) is 61.9 Å². The largest absolute Gasteiger partial charge is 0.396 e. The minimum absolute atomic E-state index is 0.0332. The van der Waals surface area contributed by atoms with Gasteiger partial charge in [-0.05, 0) is 127 Å². The van der Waals surface area contributed by atoms with Crippen LogP contribution in [0.15, 0.2) is 54.6 Å². The number of aldehydes is 1. The maximum absolute atomic E-state index is 10.9.